The van der Waals surface area contributed by atoms with Crippen LogP contribution in [-0.2, 0) is 52.2 Å². The molecule has 2 aliphatic heterocycles. The van der Waals surface area contributed by atoms with Crippen LogP contribution in [0.1, 0.15) is 144 Å². The van der Waals surface area contributed by atoms with Gasteiger partial charge in [0.1, 0.15) is 12.8 Å². The van der Waals surface area contributed by atoms with Crippen molar-refractivity contribution in [3.63, 3.8) is 0 Å². The Hall–Kier alpha value is -6.35. The molecule has 0 amide bonds. The van der Waals surface area contributed by atoms with E-state index in [2.05, 4.69) is 13.2 Å². The average Bonchev–Trinajstić information content (AvgIpc) is 4.33. The molecular weight excluding hydrogens is 1030 g/mol. The number of carboxylic acids is 2. The van der Waals surface area contributed by atoms with Crippen LogP contribution in [0.3, 0.4) is 0 Å². The maximum Gasteiger partial charge on any atom is 2.00 e. The summed E-state index contributed by atoms with van der Waals surface area (Å²) in [5, 5.41) is 30.2. The number of aryl methyl sites for hydroxylation is 3. The minimum absolute atomic E-state index is 0. The van der Waals surface area contributed by atoms with Crippen LogP contribution in [0.5, 0.6) is 0 Å². The molecule has 8 bridgehead atoms. The van der Waals surface area contributed by atoms with Gasteiger partial charge < -0.3 is 30.0 Å². The number of unbranched alkanes of at least 4 members (excludes halogenated alkanes) is 1. The minimum Gasteiger partial charge on any atom is -0.657 e. The van der Waals surface area contributed by atoms with E-state index in [0.717, 1.165) is 67.9 Å². The number of aromatic nitrogens is 4. The molecular formula is C61H68F2FeN4O9. The molecule has 0 radical (unpaired) electrons. The van der Waals surface area contributed by atoms with Crippen LogP contribution < -0.4 is 9.97 Å². The maximum atomic E-state index is 17.1. The predicted molar refractivity (Wildman–Crippen MR) is 289 cm³/mol. The van der Waals surface area contributed by atoms with E-state index < -0.39 is 58.5 Å². The first-order valence-electron chi connectivity index (χ1n) is 26.3. The number of fused-ring (bicyclic) bond motifs is 13. The third-order valence-corrected chi connectivity index (χ3v) is 17.5. The average molecular weight is 1100 g/mol. The summed E-state index contributed by atoms with van der Waals surface area (Å²) in [7, 11) is 0. The molecule has 3 fully saturated rings. The second-order valence-electron chi connectivity index (χ2n) is 22.0. The molecule has 0 spiro atoms. The van der Waals surface area contributed by atoms with Gasteiger partial charge in [0, 0.05) is 42.1 Å². The van der Waals surface area contributed by atoms with Gasteiger partial charge in [0.25, 0.3) is 0 Å². The zero-order valence-corrected chi connectivity index (χ0v) is 46.1. The Bertz CT molecular complexity index is 3270. The van der Waals surface area contributed by atoms with Crippen LogP contribution in [0.2, 0.25) is 0 Å². The number of carbonyl (C=O) groups excluding carboxylic acids is 3. The maximum absolute atomic E-state index is 17.1. The zero-order chi connectivity index (χ0) is 55.3. The number of alkyl halides is 2. The zero-order valence-electron chi connectivity index (χ0n) is 45.0. The molecule has 6 aliphatic rings. The van der Waals surface area contributed by atoms with Gasteiger partial charge in [-0.25, -0.2) is 18.7 Å². The van der Waals surface area contributed by atoms with Crippen molar-refractivity contribution in [3.05, 3.63) is 112 Å². The fourth-order valence-electron chi connectivity index (χ4n) is 13.5. The number of allylic oxidation sites excluding steroid dienone is 9. The number of ether oxygens (including phenoxy) is 1. The van der Waals surface area contributed by atoms with Gasteiger partial charge in [-0.2, -0.15) is 0 Å². The molecule has 3 aromatic rings. The van der Waals surface area contributed by atoms with Crippen molar-refractivity contribution in [3.8, 4) is 0 Å². The molecule has 0 unspecified atom stereocenters. The molecule has 0 aromatic carbocycles. The van der Waals surface area contributed by atoms with E-state index in [4.69, 9.17) is 24.7 Å². The first-order chi connectivity index (χ1) is 35.9. The molecule has 5 heterocycles. The van der Waals surface area contributed by atoms with Crippen molar-refractivity contribution in [1.29, 1.82) is 0 Å². The van der Waals surface area contributed by atoms with Crippen LogP contribution >= 0.6 is 0 Å². The normalized spacial score (nSPS) is 27.1. The largest absolute Gasteiger partial charge is 2.00 e. The predicted octanol–water partition coefficient (Wildman–Crippen LogP) is 11.2. The van der Waals surface area contributed by atoms with E-state index in [1.165, 1.54) is 18.2 Å². The van der Waals surface area contributed by atoms with Crippen LogP contribution in [-0.4, -0.2) is 79.3 Å². The molecule has 3 N–H and O–H groups in total. The van der Waals surface area contributed by atoms with E-state index in [-0.39, 0.29) is 84.8 Å². The van der Waals surface area contributed by atoms with E-state index in [1.807, 2.05) is 72.7 Å². The first-order valence-corrected chi connectivity index (χ1v) is 26.3. The number of carboxylic acid groups (broad SMARTS) is 2. The van der Waals surface area contributed by atoms with Gasteiger partial charge in [-0.05, 0) is 130 Å². The van der Waals surface area contributed by atoms with Gasteiger partial charge in [-0.15, -0.1) is 22.1 Å². The van der Waals surface area contributed by atoms with Crippen LogP contribution in [0.4, 0.5) is 8.78 Å². The third-order valence-electron chi connectivity index (χ3n) is 17.5. The molecule has 77 heavy (non-hydrogen) atoms. The summed E-state index contributed by atoms with van der Waals surface area (Å²) in [6.07, 6.45) is 7.26. The molecule has 4 aliphatic carbocycles. The first kappa shape index (κ1) is 58.3. The van der Waals surface area contributed by atoms with E-state index >= 15 is 8.78 Å². The quantitative estimate of drug-likeness (QED) is 0.101. The number of hydrogen-bond donors (Lipinski definition) is 3. The van der Waals surface area contributed by atoms with Crippen molar-refractivity contribution in [2.45, 2.75) is 138 Å². The van der Waals surface area contributed by atoms with Crippen molar-refractivity contribution in [2.75, 3.05) is 6.61 Å². The molecule has 13 nitrogen and oxygen atoms in total. The summed E-state index contributed by atoms with van der Waals surface area (Å²) in [6, 6.07) is 7.62. The Morgan fingerprint density at radius 1 is 0.831 bits per heavy atom. The molecule has 408 valence electrons. The Morgan fingerprint density at radius 3 is 2.10 bits per heavy atom. The van der Waals surface area contributed by atoms with E-state index in [1.54, 1.807) is 19.1 Å². The smallest absolute Gasteiger partial charge is 0.657 e. The number of aliphatic hydroxyl groups excluding tert-OH is 1. The van der Waals surface area contributed by atoms with Crippen molar-refractivity contribution in [2.24, 2.45) is 34.5 Å². The number of ketones is 2. The van der Waals surface area contributed by atoms with Gasteiger partial charge in [0.05, 0.1) is 28.9 Å². The number of aliphatic hydroxyl groups is 1. The van der Waals surface area contributed by atoms with E-state index in [0.29, 0.717) is 53.6 Å². The van der Waals surface area contributed by atoms with E-state index in [9.17, 15) is 39.3 Å². The Morgan fingerprint density at radius 2 is 1.44 bits per heavy atom. The van der Waals surface area contributed by atoms with Crippen molar-refractivity contribution in [1.82, 2.24) is 19.9 Å². The number of carbonyl (C=O) groups is 5. The number of hydrogen-bond acceptors (Lipinski definition) is 9. The fourth-order valence-corrected chi connectivity index (χ4v) is 13.5. The molecule has 0 saturated heterocycles. The number of Topliss-reactive ketones (excluding diaryl/α,β-unsaturated/α-hetero) is 1. The van der Waals surface area contributed by atoms with Crippen LogP contribution in [0.15, 0.2) is 67.3 Å². The molecule has 3 aromatic heterocycles. The summed E-state index contributed by atoms with van der Waals surface area (Å²) in [6.45, 7) is 22.9. The summed E-state index contributed by atoms with van der Waals surface area (Å²) < 4.78 is 37.7. The van der Waals surface area contributed by atoms with Crippen LogP contribution in [0.25, 0.3) is 50.4 Å². The second-order valence-corrected chi connectivity index (χ2v) is 22.0. The Balaban J connectivity index is 0.000000226. The van der Waals surface area contributed by atoms with Gasteiger partial charge in [0.15, 0.2) is 17.2 Å². The van der Waals surface area contributed by atoms with Crippen molar-refractivity contribution >= 4 is 79.9 Å². The topological polar surface area (TPSA) is 209 Å². The molecule has 3 saturated carbocycles. The monoisotopic (exact) mass is 1090 g/mol. The number of nitrogens with zero attached hydrogens (tertiary/aromatic N) is 4. The van der Waals surface area contributed by atoms with Gasteiger partial charge in [-0.1, -0.05) is 99.5 Å². The summed E-state index contributed by atoms with van der Waals surface area (Å²) in [5.41, 5.74) is 8.40. The number of halogens is 2. The third kappa shape index (κ3) is 10.4. The Labute approximate surface area is 458 Å². The van der Waals surface area contributed by atoms with Gasteiger partial charge >= 0.3 is 35.0 Å². The second kappa shape index (κ2) is 22.5. The van der Waals surface area contributed by atoms with Gasteiger partial charge in [-0.3, -0.25) is 24.0 Å². The molecule has 9 rings (SSSR count). The standard InChI is InChI=1S/C34H34N4O4.C27H36F2O5.Fe/c1-7-21-17(3)25-13-26-19(5)23(9-11-33(39)40)31(37-26)16-32-24(10-12-34(41)42)20(6)28(38-32)15-30-22(8-2)18(4)27(36-30)14-29(21)35-25;1-5-6-7-23(33)34-14-21(31)24-15(2)10-17-18-12-20(28)19-11-16(30)8-9-26(19,4)27(18,29)22(32)13-25(17,24)3;/h7-8,13-16H,1-2,9-12H2,3-6H3,(H4,35,36,37,38,39,40,41,42);8-9,11,15,17-18,20,22,24,32H,5-7,10,12-14H2,1-4H3;/q;;+2/p-2/t;15-,17+,18+,20+,22+,24-,25+,26+,27+;/m.1./s1. The Kier molecular flexibility index (Phi) is 17.1. The summed E-state index contributed by atoms with van der Waals surface area (Å²) >= 11 is 0. The summed E-state index contributed by atoms with van der Waals surface area (Å²) in [4.78, 5) is 79.8. The number of esters is 1. The molecule has 9 atom stereocenters. The summed E-state index contributed by atoms with van der Waals surface area (Å²) in [5.74, 6) is -4.54. The van der Waals surface area contributed by atoms with Crippen molar-refractivity contribution < 1.29 is 69.9 Å². The number of rotatable bonds is 14. The van der Waals surface area contributed by atoms with Gasteiger partial charge in [0.2, 0.25) is 0 Å². The SMILES string of the molecule is C=CC1=C(C)c2cc3[n-]c(cc4nc(cc5[n-]c(cc1n2)c(C)c5C=C)C(C)=C4CCC(=O)O)c(CCC(=O)O)c3C.CCCCC(=O)OCC(=O)[C@H]1[C@H](C)C[C@H]2[C@@H]3C[C@H](F)C4=CC(=O)C=C[C@]4(C)[C@@]3(F)[C@@H](O)C[C@@]21C.[Fe+2]. The molecule has 16 heteroatoms. The number of aliphatic carboxylic acids is 2. The minimum atomic E-state index is -2.15. The van der Waals surface area contributed by atoms with Crippen LogP contribution in [0, 0.1) is 48.3 Å². The fraction of sp³-hybridized carbons (Fsp3) is 0.459.